The first-order valence-corrected chi connectivity index (χ1v) is 5.92. The summed E-state index contributed by atoms with van der Waals surface area (Å²) in [4.78, 5) is 0. The van der Waals surface area contributed by atoms with E-state index >= 15 is 0 Å². The van der Waals surface area contributed by atoms with Crippen LogP contribution in [0, 0.1) is 0 Å². The van der Waals surface area contributed by atoms with Gasteiger partial charge in [0.2, 0.25) is 0 Å². The number of ether oxygens (including phenoxy) is 1. The summed E-state index contributed by atoms with van der Waals surface area (Å²) >= 11 is 0. The van der Waals surface area contributed by atoms with Crippen LogP contribution in [0.5, 0.6) is 5.75 Å². The van der Waals surface area contributed by atoms with Gasteiger partial charge in [0.15, 0.2) is 0 Å². The van der Waals surface area contributed by atoms with Crippen molar-refractivity contribution in [3.63, 3.8) is 0 Å². The Labute approximate surface area is 98.1 Å². The molecule has 16 heavy (non-hydrogen) atoms. The third-order valence-electron chi connectivity index (χ3n) is 2.44. The Hall–Kier alpha value is -1.28. The lowest BCUT2D eigenvalue weighted by Crippen LogP contribution is -2.01. The van der Waals surface area contributed by atoms with E-state index in [1.54, 1.807) is 0 Å². The Morgan fingerprint density at radius 1 is 1.25 bits per heavy atom. The molecule has 0 unspecified atom stereocenters. The average Bonchev–Trinajstić information content (AvgIpc) is 2.35. The van der Waals surface area contributed by atoms with Gasteiger partial charge in [-0.15, -0.1) is 0 Å². The maximum Gasteiger partial charge on any atom is 0.119 e. The molecule has 0 spiro atoms. The number of benzene rings is 1. The minimum absolute atomic E-state index is 0.630. The van der Waals surface area contributed by atoms with E-state index in [1.807, 2.05) is 12.1 Å². The van der Waals surface area contributed by atoms with Gasteiger partial charge in [0.25, 0.3) is 0 Å². The van der Waals surface area contributed by atoms with Gasteiger partial charge in [-0.1, -0.05) is 37.6 Å². The van der Waals surface area contributed by atoms with Gasteiger partial charge < -0.3 is 10.5 Å². The highest BCUT2D eigenvalue weighted by molar-refractivity contribution is 5.54. The molecule has 0 aromatic heterocycles. The lowest BCUT2D eigenvalue weighted by atomic mass is 10.1. The van der Waals surface area contributed by atoms with E-state index in [-0.39, 0.29) is 0 Å². The largest absolute Gasteiger partial charge is 0.494 e. The molecule has 0 aliphatic rings. The van der Waals surface area contributed by atoms with Crippen molar-refractivity contribution in [2.75, 3.05) is 13.2 Å². The van der Waals surface area contributed by atoms with Crippen LogP contribution in [0.1, 0.15) is 32.3 Å². The van der Waals surface area contributed by atoms with Crippen molar-refractivity contribution in [1.29, 1.82) is 0 Å². The summed E-state index contributed by atoms with van der Waals surface area (Å²) in [7, 11) is 0. The Balaban J connectivity index is 2.67. The Morgan fingerprint density at radius 2 is 1.94 bits per heavy atom. The zero-order chi connectivity index (χ0) is 11.8. The Kier molecular flexibility index (Phi) is 5.65. The highest BCUT2D eigenvalue weighted by atomic mass is 16.5. The van der Waals surface area contributed by atoms with E-state index in [0.717, 1.165) is 25.2 Å². The van der Waals surface area contributed by atoms with Gasteiger partial charge in [0, 0.05) is 6.54 Å². The first-order valence-electron chi connectivity index (χ1n) is 5.92. The summed E-state index contributed by atoms with van der Waals surface area (Å²) in [5.41, 5.74) is 8.09. The Bertz CT molecular complexity index is 321. The highest BCUT2D eigenvalue weighted by Crippen LogP contribution is 2.15. The molecule has 2 nitrogen and oxygen atoms in total. The van der Waals surface area contributed by atoms with Gasteiger partial charge in [0.05, 0.1) is 6.61 Å². The molecule has 0 atom stereocenters. The minimum atomic E-state index is 0.630. The fourth-order valence-electron chi connectivity index (χ4n) is 1.42. The molecule has 0 bridgehead atoms. The zero-order valence-electron chi connectivity index (χ0n) is 10.2. The van der Waals surface area contributed by atoms with E-state index in [4.69, 9.17) is 10.5 Å². The molecule has 0 fully saturated rings. The topological polar surface area (TPSA) is 35.2 Å². The van der Waals surface area contributed by atoms with Crippen LogP contribution in [-0.2, 0) is 0 Å². The number of rotatable bonds is 6. The molecule has 0 aliphatic carbocycles. The third-order valence-corrected chi connectivity index (χ3v) is 2.44. The standard InChI is InChI=1S/C14H21NO/c1-3-9-16-14-7-5-13(6-8-14)10-12(4-2)11-15/h5-8,10H,3-4,9,11,15H2,1-2H3. The van der Waals surface area contributed by atoms with Crippen LogP contribution in [-0.4, -0.2) is 13.2 Å². The van der Waals surface area contributed by atoms with Gasteiger partial charge in [0.1, 0.15) is 5.75 Å². The van der Waals surface area contributed by atoms with E-state index in [1.165, 1.54) is 11.1 Å². The second-order valence-corrected chi connectivity index (χ2v) is 3.78. The summed E-state index contributed by atoms with van der Waals surface area (Å²) < 4.78 is 5.52. The van der Waals surface area contributed by atoms with Crippen LogP contribution >= 0.6 is 0 Å². The zero-order valence-corrected chi connectivity index (χ0v) is 10.2. The molecule has 0 heterocycles. The summed E-state index contributed by atoms with van der Waals surface area (Å²) in [6.45, 7) is 5.63. The van der Waals surface area contributed by atoms with Crippen LogP contribution in [0.3, 0.4) is 0 Å². The predicted octanol–water partition coefficient (Wildman–Crippen LogP) is 3.23. The van der Waals surface area contributed by atoms with Crippen LogP contribution < -0.4 is 10.5 Å². The molecular weight excluding hydrogens is 198 g/mol. The molecule has 88 valence electrons. The van der Waals surface area contributed by atoms with Crippen molar-refractivity contribution < 1.29 is 4.74 Å². The normalized spacial score (nSPS) is 11.6. The van der Waals surface area contributed by atoms with E-state index in [0.29, 0.717) is 6.54 Å². The fraction of sp³-hybridized carbons (Fsp3) is 0.429. The molecule has 0 saturated carbocycles. The van der Waals surface area contributed by atoms with Crippen LogP contribution in [0.4, 0.5) is 0 Å². The fourth-order valence-corrected chi connectivity index (χ4v) is 1.42. The summed E-state index contributed by atoms with van der Waals surface area (Å²) in [5.74, 6) is 0.935. The van der Waals surface area contributed by atoms with Crippen molar-refractivity contribution in [3.8, 4) is 5.75 Å². The van der Waals surface area contributed by atoms with Crippen molar-refractivity contribution >= 4 is 6.08 Å². The highest BCUT2D eigenvalue weighted by Gasteiger charge is 1.95. The lowest BCUT2D eigenvalue weighted by Gasteiger charge is -2.05. The lowest BCUT2D eigenvalue weighted by molar-refractivity contribution is 0.317. The molecule has 1 rings (SSSR count). The predicted molar refractivity (Wildman–Crippen MR) is 69.6 cm³/mol. The molecule has 2 heteroatoms. The SMILES string of the molecule is CCCOc1ccc(C=C(CC)CN)cc1. The first-order chi connectivity index (χ1) is 7.80. The number of hydrogen-bond acceptors (Lipinski definition) is 2. The van der Waals surface area contributed by atoms with Gasteiger partial charge in [-0.25, -0.2) is 0 Å². The van der Waals surface area contributed by atoms with Gasteiger partial charge in [-0.3, -0.25) is 0 Å². The molecule has 1 aromatic carbocycles. The third kappa shape index (κ3) is 4.07. The summed E-state index contributed by atoms with van der Waals surface area (Å²) in [6.07, 6.45) is 4.18. The minimum Gasteiger partial charge on any atom is -0.494 e. The molecular formula is C14H21NO. The molecule has 2 N–H and O–H groups in total. The first kappa shape index (κ1) is 12.8. The van der Waals surface area contributed by atoms with Crippen molar-refractivity contribution in [1.82, 2.24) is 0 Å². The molecule has 0 aliphatic heterocycles. The average molecular weight is 219 g/mol. The second kappa shape index (κ2) is 7.07. The van der Waals surface area contributed by atoms with Gasteiger partial charge >= 0.3 is 0 Å². The van der Waals surface area contributed by atoms with Crippen LogP contribution in [0.25, 0.3) is 6.08 Å². The van der Waals surface area contributed by atoms with Crippen LogP contribution in [0.15, 0.2) is 29.8 Å². The molecule has 1 aromatic rings. The van der Waals surface area contributed by atoms with E-state index in [9.17, 15) is 0 Å². The molecule has 0 amide bonds. The van der Waals surface area contributed by atoms with E-state index in [2.05, 4.69) is 32.1 Å². The molecule has 0 saturated heterocycles. The van der Waals surface area contributed by atoms with Gasteiger partial charge in [-0.2, -0.15) is 0 Å². The van der Waals surface area contributed by atoms with Crippen molar-refractivity contribution in [2.45, 2.75) is 26.7 Å². The monoisotopic (exact) mass is 219 g/mol. The maximum absolute atomic E-state index is 5.63. The van der Waals surface area contributed by atoms with Crippen LogP contribution in [0.2, 0.25) is 0 Å². The smallest absolute Gasteiger partial charge is 0.119 e. The van der Waals surface area contributed by atoms with E-state index < -0.39 is 0 Å². The summed E-state index contributed by atoms with van der Waals surface area (Å²) in [5, 5.41) is 0. The van der Waals surface area contributed by atoms with Crippen molar-refractivity contribution in [2.24, 2.45) is 5.73 Å². The number of nitrogens with two attached hydrogens (primary N) is 1. The van der Waals surface area contributed by atoms with Gasteiger partial charge in [-0.05, 0) is 30.5 Å². The molecule has 0 radical (unpaired) electrons. The maximum atomic E-state index is 5.63. The summed E-state index contributed by atoms with van der Waals surface area (Å²) in [6, 6.07) is 8.14. The second-order valence-electron chi connectivity index (χ2n) is 3.78. The van der Waals surface area contributed by atoms with Crippen molar-refractivity contribution in [3.05, 3.63) is 35.4 Å². The quantitative estimate of drug-likeness (QED) is 0.797. The number of hydrogen-bond donors (Lipinski definition) is 1. The Morgan fingerprint density at radius 3 is 2.44 bits per heavy atom.